The van der Waals surface area contributed by atoms with Crippen LogP contribution < -0.4 is 0 Å². The van der Waals surface area contributed by atoms with Crippen LogP contribution in [-0.4, -0.2) is 43.8 Å². The minimum Gasteiger partial charge on any atom is -0.457 e. The highest BCUT2D eigenvalue weighted by Gasteiger charge is 2.48. The fraction of sp³-hybridized carbons (Fsp3) is 0.458. The van der Waals surface area contributed by atoms with E-state index in [0.29, 0.717) is 13.2 Å². The molecular weight excluding hydrogens is 384 g/mol. The number of hydrogen-bond acceptors (Lipinski definition) is 6. The molecule has 6 heteroatoms. The lowest BCUT2D eigenvalue weighted by Gasteiger charge is -2.44. The zero-order chi connectivity index (χ0) is 22.2. The fourth-order valence-corrected chi connectivity index (χ4v) is 3.43. The molecule has 6 nitrogen and oxygen atoms in total. The zero-order valence-corrected chi connectivity index (χ0v) is 17.6. The van der Waals surface area contributed by atoms with Gasteiger partial charge in [-0.3, -0.25) is 4.79 Å². The summed E-state index contributed by atoms with van der Waals surface area (Å²) in [5.41, 5.74) is 1.97. The number of hydrogen-bond donors (Lipinski definition) is 0. The van der Waals surface area contributed by atoms with Crippen LogP contribution in [0.1, 0.15) is 32.7 Å². The van der Waals surface area contributed by atoms with E-state index < -0.39 is 43.1 Å². The Balaban J connectivity index is 1.82. The van der Waals surface area contributed by atoms with Crippen LogP contribution in [0.4, 0.5) is 0 Å². The van der Waals surface area contributed by atoms with Crippen LogP contribution in [0.15, 0.2) is 60.7 Å². The summed E-state index contributed by atoms with van der Waals surface area (Å²) < 4.78 is 37.2. The smallest absolute Gasteiger partial charge is 0.305 e. The van der Waals surface area contributed by atoms with Crippen LogP contribution in [0.25, 0.3) is 0 Å². The van der Waals surface area contributed by atoms with E-state index in [1.165, 1.54) is 6.92 Å². The first-order valence-electron chi connectivity index (χ1n) is 10.7. The lowest BCUT2D eigenvalue weighted by atomic mass is 9.98. The number of methoxy groups -OCH3 is 1. The molecule has 1 saturated heterocycles. The monoisotopic (exact) mass is 415 g/mol. The van der Waals surface area contributed by atoms with Gasteiger partial charge < -0.3 is 23.7 Å². The van der Waals surface area contributed by atoms with Crippen molar-refractivity contribution in [3.8, 4) is 0 Å². The number of carbonyl (C=O) groups excluding carboxylic acids is 1. The molecule has 6 atom stereocenters. The predicted octanol–water partition coefficient (Wildman–Crippen LogP) is 3.87. The van der Waals surface area contributed by atoms with Crippen molar-refractivity contribution in [3.05, 3.63) is 71.8 Å². The van der Waals surface area contributed by atoms with Crippen LogP contribution in [0.3, 0.4) is 0 Å². The molecular formula is C24H30O6. The van der Waals surface area contributed by atoms with Crippen molar-refractivity contribution in [2.75, 3.05) is 7.11 Å². The average Bonchev–Trinajstić information content (AvgIpc) is 2.79. The summed E-state index contributed by atoms with van der Waals surface area (Å²) in [4.78, 5) is 12.2. The maximum atomic E-state index is 12.2. The Hall–Kier alpha value is -2.25. The van der Waals surface area contributed by atoms with Crippen LogP contribution in [0.2, 0.25) is 0 Å². The number of esters is 1. The minimum absolute atomic E-state index is 0.310. The molecule has 2 unspecified atom stereocenters. The van der Waals surface area contributed by atoms with Crippen molar-refractivity contribution in [1.82, 2.24) is 0 Å². The summed E-state index contributed by atoms with van der Waals surface area (Å²) in [6, 6.07) is 19.5. The molecule has 0 N–H and O–H groups in total. The third-order valence-electron chi connectivity index (χ3n) is 5.02. The van der Waals surface area contributed by atoms with E-state index in [2.05, 4.69) is 0 Å². The number of benzene rings is 2. The Morgan fingerprint density at radius 2 is 1.47 bits per heavy atom. The highest BCUT2D eigenvalue weighted by atomic mass is 16.7. The lowest BCUT2D eigenvalue weighted by Crippen LogP contribution is -2.60. The number of rotatable bonds is 9. The summed E-state index contributed by atoms with van der Waals surface area (Å²) in [5, 5.41) is 0. The van der Waals surface area contributed by atoms with Gasteiger partial charge in [0.1, 0.15) is 12.2 Å². The molecule has 0 bridgehead atoms. The van der Waals surface area contributed by atoms with Gasteiger partial charge in [-0.2, -0.15) is 0 Å². The summed E-state index contributed by atoms with van der Waals surface area (Å²) in [6.07, 6.45) is -4.21. The highest BCUT2D eigenvalue weighted by molar-refractivity contribution is 5.69. The first-order chi connectivity index (χ1) is 15.0. The van der Waals surface area contributed by atoms with E-state index in [-0.39, 0.29) is 0 Å². The molecule has 0 spiro atoms. The molecule has 1 aliphatic heterocycles. The molecule has 0 aliphatic carbocycles. The van der Waals surface area contributed by atoms with E-state index in [9.17, 15) is 4.79 Å². The molecule has 1 fully saturated rings. The second-order valence-electron chi connectivity index (χ2n) is 7.16. The molecule has 162 valence electrons. The number of carbonyl (C=O) groups is 1. The van der Waals surface area contributed by atoms with Gasteiger partial charge in [-0.15, -0.1) is 0 Å². The van der Waals surface area contributed by atoms with Gasteiger partial charge in [0.05, 0.1) is 19.3 Å². The molecule has 0 amide bonds. The van der Waals surface area contributed by atoms with Crippen molar-refractivity contribution < 1.29 is 29.8 Å². The van der Waals surface area contributed by atoms with Crippen LogP contribution in [0.5, 0.6) is 0 Å². The van der Waals surface area contributed by atoms with Crippen LogP contribution in [-0.2, 0) is 41.7 Å². The van der Waals surface area contributed by atoms with E-state index in [4.69, 9.17) is 25.1 Å². The Bertz CT molecular complexity index is 800. The van der Waals surface area contributed by atoms with E-state index in [1.54, 1.807) is 14.0 Å². The molecule has 2 aromatic rings. The van der Waals surface area contributed by atoms with E-state index in [0.717, 1.165) is 11.1 Å². The van der Waals surface area contributed by atoms with Gasteiger partial charge >= 0.3 is 5.97 Å². The Morgan fingerprint density at radius 1 is 0.933 bits per heavy atom. The maximum Gasteiger partial charge on any atom is 0.305 e. The lowest BCUT2D eigenvalue weighted by molar-refractivity contribution is -0.309. The standard InChI is InChI=1S/C24H30O6/c1-4-20(25)30-21-17(2)29-24(26-3)23(28-16-19-13-9-6-10-14-19)22(21)27-15-18-11-7-5-8-12-18/h5-14,17,21-24H,4,15-16H2,1-3H3/t17-,21-,22+,23-,24?/m1/s1/i4D/t4?,17-,21-,22+,23-,24?. The zero-order valence-electron chi connectivity index (χ0n) is 18.6. The summed E-state index contributed by atoms with van der Waals surface area (Å²) in [6.45, 7) is 3.90. The summed E-state index contributed by atoms with van der Waals surface area (Å²) >= 11 is 0. The van der Waals surface area contributed by atoms with Crippen molar-refractivity contribution >= 4 is 5.97 Å². The van der Waals surface area contributed by atoms with Gasteiger partial charge in [0.2, 0.25) is 0 Å². The normalized spacial score (nSPS) is 27.8. The second kappa shape index (κ2) is 11.2. The SMILES string of the molecule is [2H]C(C)C(=O)O[C@H]1[C@H](OCc2ccccc2)[C@@H](OCc2ccccc2)C(OC)O[C@@H]1C. The molecule has 0 saturated carbocycles. The van der Waals surface area contributed by atoms with Crippen molar-refractivity contribution in [2.24, 2.45) is 0 Å². The van der Waals surface area contributed by atoms with Crippen LogP contribution in [0, 0.1) is 0 Å². The largest absolute Gasteiger partial charge is 0.457 e. The fourth-order valence-electron chi connectivity index (χ4n) is 3.43. The van der Waals surface area contributed by atoms with Crippen molar-refractivity contribution in [2.45, 2.75) is 64.2 Å². The Morgan fingerprint density at radius 3 is 1.97 bits per heavy atom. The summed E-state index contributed by atoms with van der Waals surface area (Å²) in [7, 11) is 1.54. The highest BCUT2D eigenvalue weighted by Crippen LogP contribution is 2.30. The van der Waals surface area contributed by atoms with Gasteiger partial charge in [0.25, 0.3) is 0 Å². The third kappa shape index (κ3) is 5.89. The van der Waals surface area contributed by atoms with Crippen molar-refractivity contribution in [3.63, 3.8) is 0 Å². The first-order valence-corrected chi connectivity index (χ1v) is 10.1. The van der Waals surface area contributed by atoms with Crippen LogP contribution >= 0.6 is 0 Å². The second-order valence-corrected chi connectivity index (χ2v) is 7.16. The van der Waals surface area contributed by atoms with Crippen molar-refractivity contribution in [1.29, 1.82) is 0 Å². The van der Waals surface area contributed by atoms with Gasteiger partial charge in [0.15, 0.2) is 12.4 Å². The Labute approximate surface area is 179 Å². The topological polar surface area (TPSA) is 63.2 Å². The molecule has 3 rings (SSSR count). The first kappa shape index (κ1) is 21.0. The molecule has 0 aromatic heterocycles. The van der Waals surface area contributed by atoms with Gasteiger partial charge in [-0.25, -0.2) is 0 Å². The molecule has 0 radical (unpaired) electrons. The maximum absolute atomic E-state index is 12.2. The number of ether oxygens (including phenoxy) is 5. The average molecular weight is 416 g/mol. The van der Waals surface area contributed by atoms with Gasteiger partial charge in [-0.1, -0.05) is 67.6 Å². The predicted molar refractivity (Wildman–Crippen MR) is 112 cm³/mol. The molecule has 1 aliphatic rings. The molecule has 2 aromatic carbocycles. The van der Waals surface area contributed by atoms with Gasteiger partial charge in [0, 0.05) is 14.9 Å². The summed E-state index contributed by atoms with van der Waals surface area (Å²) in [5.74, 6) is -0.633. The van der Waals surface area contributed by atoms with Gasteiger partial charge in [-0.05, 0) is 18.1 Å². The van der Waals surface area contributed by atoms with E-state index >= 15 is 0 Å². The van der Waals surface area contributed by atoms with E-state index in [1.807, 2.05) is 60.7 Å². The minimum atomic E-state index is -1.01. The quantitative estimate of drug-likeness (QED) is 0.580. The third-order valence-corrected chi connectivity index (χ3v) is 5.02. The molecule has 1 heterocycles. The Kier molecular flexibility index (Phi) is 7.86. The molecule has 30 heavy (non-hydrogen) atoms.